The Morgan fingerprint density at radius 3 is 2.55 bits per heavy atom. The number of benzene rings is 2. The average molecular weight is 334 g/mol. The van der Waals surface area contributed by atoms with Crippen LogP contribution in [0.1, 0.15) is 22.3 Å². The van der Waals surface area contributed by atoms with Crippen molar-refractivity contribution in [1.82, 2.24) is 5.32 Å². The Labute approximate surface area is 129 Å². The molecule has 0 aromatic heterocycles. The molecular weight excluding hydrogens is 314 g/mol. The van der Waals surface area contributed by atoms with Crippen molar-refractivity contribution in [2.45, 2.75) is 27.0 Å². The molecule has 0 saturated heterocycles. The lowest BCUT2D eigenvalue weighted by Crippen LogP contribution is -2.06. The highest BCUT2D eigenvalue weighted by atomic mass is 79.9. The van der Waals surface area contributed by atoms with Crippen molar-refractivity contribution in [3.05, 3.63) is 63.1 Å². The van der Waals surface area contributed by atoms with Crippen molar-refractivity contribution in [1.29, 1.82) is 0 Å². The van der Waals surface area contributed by atoms with Crippen LogP contribution >= 0.6 is 15.9 Å². The fourth-order valence-corrected chi connectivity index (χ4v) is 2.41. The highest BCUT2D eigenvalue weighted by Crippen LogP contribution is 2.23. The van der Waals surface area contributed by atoms with Crippen molar-refractivity contribution in [2.75, 3.05) is 7.05 Å². The van der Waals surface area contributed by atoms with Crippen molar-refractivity contribution in [3.63, 3.8) is 0 Å². The molecule has 0 heterocycles. The van der Waals surface area contributed by atoms with E-state index in [0.29, 0.717) is 6.61 Å². The third-order valence-electron chi connectivity index (χ3n) is 3.36. The lowest BCUT2D eigenvalue weighted by molar-refractivity contribution is 0.305. The van der Waals surface area contributed by atoms with Crippen LogP contribution in [-0.4, -0.2) is 7.05 Å². The van der Waals surface area contributed by atoms with E-state index in [1.165, 1.54) is 22.3 Å². The molecule has 20 heavy (non-hydrogen) atoms. The maximum absolute atomic E-state index is 5.88. The van der Waals surface area contributed by atoms with Gasteiger partial charge in [-0.3, -0.25) is 0 Å². The molecule has 0 bridgehead atoms. The highest BCUT2D eigenvalue weighted by Gasteiger charge is 2.03. The number of rotatable bonds is 5. The second-order valence-electron chi connectivity index (χ2n) is 4.99. The van der Waals surface area contributed by atoms with E-state index in [4.69, 9.17) is 4.74 Å². The van der Waals surface area contributed by atoms with Gasteiger partial charge in [-0.2, -0.15) is 0 Å². The van der Waals surface area contributed by atoms with Gasteiger partial charge in [0.05, 0.1) is 0 Å². The van der Waals surface area contributed by atoms with Crippen molar-refractivity contribution < 1.29 is 4.74 Å². The second-order valence-corrected chi connectivity index (χ2v) is 5.85. The summed E-state index contributed by atoms with van der Waals surface area (Å²) in [6.07, 6.45) is 0. The molecule has 2 aromatic rings. The summed E-state index contributed by atoms with van der Waals surface area (Å²) < 4.78 is 6.98. The normalized spacial score (nSPS) is 10.6. The van der Waals surface area contributed by atoms with Crippen LogP contribution in [-0.2, 0) is 13.2 Å². The fraction of sp³-hybridized carbons (Fsp3) is 0.294. The van der Waals surface area contributed by atoms with Crippen molar-refractivity contribution in [2.24, 2.45) is 0 Å². The molecule has 0 spiro atoms. The van der Waals surface area contributed by atoms with Crippen LogP contribution in [0.15, 0.2) is 40.9 Å². The first-order chi connectivity index (χ1) is 9.60. The Kier molecular flexibility index (Phi) is 5.21. The second kappa shape index (κ2) is 6.91. The maximum Gasteiger partial charge on any atom is 0.120 e. The number of ether oxygens (including phenoxy) is 1. The third-order valence-corrected chi connectivity index (χ3v) is 4.13. The number of halogens is 1. The predicted molar refractivity (Wildman–Crippen MR) is 87.2 cm³/mol. The molecule has 0 aliphatic heterocycles. The molecule has 0 radical (unpaired) electrons. The van der Waals surface area contributed by atoms with E-state index in [1.54, 1.807) is 0 Å². The minimum atomic E-state index is 0.599. The van der Waals surface area contributed by atoms with Gasteiger partial charge in [-0.1, -0.05) is 34.1 Å². The average Bonchev–Trinajstić information content (AvgIpc) is 2.43. The Morgan fingerprint density at radius 1 is 1.05 bits per heavy atom. The zero-order valence-corrected chi connectivity index (χ0v) is 13.8. The van der Waals surface area contributed by atoms with Gasteiger partial charge in [-0.15, -0.1) is 0 Å². The van der Waals surface area contributed by atoms with Gasteiger partial charge in [0.1, 0.15) is 12.4 Å². The third kappa shape index (κ3) is 3.84. The molecule has 0 saturated carbocycles. The van der Waals surface area contributed by atoms with Crippen LogP contribution in [0.2, 0.25) is 0 Å². The summed E-state index contributed by atoms with van der Waals surface area (Å²) in [6, 6.07) is 12.5. The van der Waals surface area contributed by atoms with Gasteiger partial charge in [0, 0.05) is 11.0 Å². The molecule has 0 aliphatic carbocycles. The molecule has 3 heteroatoms. The molecule has 0 amide bonds. The molecule has 0 fully saturated rings. The van der Waals surface area contributed by atoms with E-state index in [1.807, 2.05) is 19.2 Å². The molecule has 2 aromatic carbocycles. The van der Waals surface area contributed by atoms with Gasteiger partial charge in [-0.25, -0.2) is 0 Å². The Hall–Kier alpha value is -1.32. The summed E-state index contributed by atoms with van der Waals surface area (Å²) in [5.74, 6) is 0.900. The SMILES string of the molecule is CNCc1cc(OCc2ccc(C)c(C)c2)ccc1Br. The molecule has 2 rings (SSSR count). The number of nitrogens with one attached hydrogen (secondary N) is 1. The van der Waals surface area contributed by atoms with Crippen molar-refractivity contribution in [3.8, 4) is 5.75 Å². The molecule has 106 valence electrons. The summed E-state index contributed by atoms with van der Waals surface area (Å²) in [5, 5.41) is 3.15. The van der Waals surface area contributed by atoms with Crippen molar-refractivity contribution >= 4 is 15.9 Å². The Bertz CT molecular complexity index is 596. The number of aryl methyl sites for hydroxylation is 2. The van der Waals surface area contributed by atoms with E-state index in [9.17, 15) is 0 Å². The minimum Gasteiger partial charge on any atom is -0.489 e. The zero-order valence-electron chi connectivity index (χ0n) is 12.2. The van der Waals surface area contributed by atoms with Crippen LogP contribution in [0, 0.1) is 13.8 Å². The van der Waals surface area contributed by atoms with E-state index in [2.05, 4.69) is 59.4 Å². The quantitative estimate of drug-likeness (QED) is 0.877. The van der Waals surface area contributed by atoms with Crippen LogP contribution in [0.5, 0.6) is 5.75 Å². The number of hydrogen-bond donors (Lipinski definition) is 1. The van der Waals surface area contributed by atoms with Gasteiger partial charge in [0.2, 0.25) is 0 Å². The first-order valence-electron chi connectivity index (χ1n) is 6.72. The molecule has 2 nitrogen and oxygen atoms in total. The topological polar surface area (TPSA) is 21.3 Å². The molecule has 0 aliphatic rings. The molecular formula is C17H20BrNO. The van der Waals surface area contributed by atoms with Gasteiger partial charge >= 0.3 is 0 Å². The van der Waals surface area contributed by atoms with E-state index < -0.39 is 0 Å². The van der Waals surface area contributed by atoms with Crippen LogP contribution in [0.25, 0.3) is 0 Å². The first-order valence-corrected chi connectivity index (χ1v) is 7.51. The van der Waals surface area contributed by atoms with Gasteiger partial charge in [0.15, 0.2) is 0 Å². The van der Waals surface area contributed by atoms with Gasteiger partial charge in [0.25, 0.3) is 0 Å². The summed E-state index contributed by atoms with van der Waals surface area (Å²) in [4.78, 5) is 0. The van der Waals surface area contributed by atoms with Crippen LogP contribution < -0.4 is 10.1 Å². The summed E-state index contributed by atoms with van der Waals surface area (Å²) in [6.45, 7) is 5.67. The number of hydrogen-bond acceptors (Lipinski definition) is 2. The fourth-order valence-electron chi connectivity index (χ4n) is 2.03. The van der Waals surface area contributed by atoms with Crippen LogP contribution in [0.4, 0.5) is 0 Å². The monoisotopic (exact) mass is 333 g/mol. The smallest absolute Gasteiger partial charge is 0.120 e. The standard InChI is InChI=1S/C17H20BrNO/c1-12-4-5-14(8-13(12)2)11-20-16-6-7-17(18)15(9-16)10-19-3/h4-9,19H,10-11H2,1-3H3. The maximum atomic E-state index is 5.88. The largest absolute Gasteiger partial charge is 0.489 e. The minimum absolute atomic E-state index is 0.599. The van der Waals surface area contributed by atoms with E-state index >= 15 is 0 Å². The zero-order chi connectivity index (χ0) is 14.5. The summed E-state index contributed by atoms with van der Waals surface area (Å²) in [7, 11) is 1.94. The molecule has 0 unspecified atom stereocenters. The van der Waals surface area contributed by atoms with E-state index in [-0.39, 0.29) is 0 Å². The van der Waals surface area contributed by atoms with Crippen LogP contribution in [0.3, 0.4) is 0 Å². The highest BCUT2D eigenvalue weighted by molar-refractivity contribution is 9.10. The predicted octanol–water partition coefficient (Wildman–Crippen LogP) is 4.36. The van der Waals surface area contributed by atoms with Gasteiger partial charge in [-0.05, 0) is 61.3 Å². The lowest BCUT2D eigenvalue weighted by Gasteiger charge is -2.11. The summed E-state index contributed by atoms with van der Waals surface area (Å²) in [5.41, 5.74) is 5.02. The Balaban J connectivity index is 2.06. The van der Waals surface area contributed by atoms with Gasteiger partial charge < -0.3 is 10.1 Å². The van der Waals surface area contributed by atoms with E-state index in [0.717, 1.165) is 16.8 Å². The first kappa shape index (κ1) is 15.1. The molecule has 0 atom stereocenters. The lowest BCUT2D eigenvalue weighted by atomic mass is 10.1. The molecule has 1 N–H and O–H groups in total. The summed E-state index contributed by atoms with van der Waals surface area (Å²) >= 11 is 3.55. The Morgan fingerprint density at radius 2 is 1.85 bits per heavy atom.